The molecule has 5 rings (SSSR count). The monoisotopic (exact) mass is 602 g/mol. The van der Waals surface area contributed by atoms with E-state index in [2.05, 4.69) is 0 Å². The fourth-order valence-electron chi connectivity index (χ4n) is 6.01. The van der Waals surface area contributed by atoms with Crippen molar-refractivity contribution in [2.75, 3.05) is 13.2 Å². The molecule has 3 aromatic rings. The van der Waals surface area contributed by atoms with Gasteiger partial charge in [0.05, 0.1) is 30.8 Å². The van der Waals surface area contributed by atoms with Crippen molar-refractivity contribution in [1.82, 2.24) is 0 Å². The largest absolute Gasteiger partial charge is 0.493 e. The molecule has 0 saturated carbocycles. The van der Waals surface area contributed by atoms with Gasteiger partial charge in [0.1, 0.15) is 29.2 Å². The maximum Gasteiger partial charge on any atom is 0.419 e. The average molecular weight is 603 g/mol. The summed E-state index contributed by atoms with van der Waals surface area (Å²) in [7, 11) is 0. The van der Waals surface area contributed by atoms with Gasteiger partial charge in [0.25, 0.3) is 0 Å². The number of alkyl halides is 3. The first-order chi connectivity index (χ1) is 20.1. The van der Waals surface area contributed by atoms with E-state index in [0.29, 0.717) is 63.5 Å². The lowest BCUT2D eigenvalue weighted by atomic mass is 9.88. The number of rotatable bonds is 9. The van der Waals surface area contributed by atoms with Gasteiger partial charge in [-0.05, 0) is 92.6 Å². The molecule has 1 aliphatic heterocycles. The molecular weight excluding hydrogens is 568 g/mol. The van der Waals surface area contributed by atoms with Crippen LogP contribution >= 0.6 is 0 Å². The lowest BCUT2D eigenvalue weighted by Gasteiger charge is -2.22. The Labute approximate surface area is 247 Å². The topological polar surface area (TPSA) is 85.2 Å². The Morgan fingerprint density at radius 1 is 1.07 bits per heavy atom. The van der Waals surface area contributed by atoms with E-state index in [1.165, 1.54) is 0 Å². The van der Waals surface area contributed by atoms with Crippen LogP contribution in [-0.4, -0.2) is 35.0 Å². The van der Waals surface area contributed by atoms with E-state index in [1.54, 1.807) is 58.0 Å². The van der Waals surface area contributed by atoms with Gasteiger partial charge in [-0.3, -0.25) is 4.79 Å². The summed E-state index contributed by atoms with van der Waals surface area (Å²) in [6, 6.07) is 9.24. The summed E-state index contributed by atoms with van der Waals surface area (Å²) in [6.45, 7) is 7.37. The molecule has 0 amide bonds. The van der Waals surface area contributed by atoms with Crippen LogP contribution in [0.4, 0.5) is 17.6 Å². The minimum Gasteiger partial charge on any atom is -0.493 e. The number of halogens is 4. The van der Waals surface area contributed by atoms with Gasteiger partial charge in [0, 0.05) is 29.5 Å². The number of carbonyl (C=O) groups is 1. The average Bonchev–Trinajstić information content (AvgIpc) is 3.47. The quantitative estimate of drug-likeness (QED) is 0.245. The minimum atomic E-state index is -4.93. The van der Waals surface area contributed by atoms with Crippen molar-refractivity contribution < 1.29 is 46.8 Å². The van der Waals surface area contributed by atoms with Gasteiger partial charge < -0.3 is 24.4 Å². The molecular formula is C33H34F4O6. The standard InChI is InChI=1S/C33H34F4O6/c1-17-11-21(41-10-9-32(3,4)40)12-18(2)29(17)24-15-25(33(35,36)37)31(34)30-23(24)7-8-26(30)43-20-5-6-22-19(13-28(38)39)16-42-27(22)14-20/h5-6,11-12,14-15,19,26,40H,7-10,13,16H2,1-4H3,(H,38,39)/t19?,26-/m1/s1. The highest BCUT2D eigenvalue weighted by Gasteiger charge is 2.41. The zero-order valence-electron chi connectivity index (χ0n) is 24.4. The van der Waals surface area contributed by atoms with E-state index in [4.69, 9.17) is 19.3 Å². The highest BCUT2D eigenvalue weighted by atomic mass is 19.4. The van der Waals surface area contributed by atoms with Crippen LogP contribution in [0.1, 0.15) is 78.5 Å². The summed E-state index contributed by atoms with van der Waals surface area (Å²) < 4.78 is 75.7. The Morgan fingerprint density at radius 2 is 1.77 bits per heavy atom. The number of fused-ring (bicyclic) bond motifs is 2. The van der Waals surface area contributed by atoms with E-state index >= 15 is 4.39 Å². The van der Waals surface area contributed by atoms with Crippen molar-refractivity contribution in [3.05, 3.63) is 75.6 Å². The third-order valence-electron chi connectivity index (χ3n) is 8.02. The number of carboxylic acid groups (broad SMARTS) is 1. The van der Waals surface area contributed by atoms with E-state index in [-0.39, 0.29) is 37.5 Å². The molecule has 0 aromatic heterocycles. The van der Waals surface area contributed by atoms with Crippen LogP contribution in [0.2, 0.25) is 0 Å². The van der Waals surface area contributed by atoms with Crippen LogP contribution in [0, 0.1) is 19.7 Å². The Kier molecular flexibility index (Phi) is 8.11. The molecule has 0 bridgehead atoms. The van der Waals surface area contributed by atoms with Crippen molar-refractivity contribution in [1.29, 1.82) is 0 Å². The molecule has 43 heavy (non-hydrogen) atoms. The summed E-state index contributed by atoms with van der Waals surface area (Å²) in [5.41, 5.74) is 1.06. The summed E-state index contributed by atoms with van der Waals surface area (Å²) in [5.74, 6) is -1.32. The predicted molar refractivity (Wildman–Crippen MR) is 151 cm³/mol. The Balaban J connectivity index is 1.50. The van der Waals surface area contributed by atoms with Gasteiger partial charge >= 0.3 is 12.1 Å². The lowest BCUT2D eigenvalue weighted by molar-refractivity contribution is -0.140. The summed E-state index contributed by atoms with van der Waals surface area (Å²) in [6.07, 6.45) is -5.00. The molecule has 6 nitrogen and oxygen atoms in total. The van der Waals surface area contributed by atoms with Crippen LogP contribution in [-0.2, 0) is 17.4 Å². The van der Waals surface area contributed by atoms with Gasteiger partial charge in [-0.15, -0.1) is 0 Å². The highest BCUT2D eigenvalue weighted by Crippen LogP contribution is 2.48. The van der Waals surface area contributed by atoms with Crippen LogP contribution in [0.25, 0.3) is 11.1 Å². The van der Waals surface area contributed by atoms with Crippen LogP contribution in [0.5, 0.6) is 17.2 Å². The van der Waals surface area contributed by atoms with E-state index in [9.17, 15) is 23.1 Å². The number of aryl methyl sites for hydroxylation is 2. The Bertz CT molecular complexity index is 1530. The fourth-order valence-corrected chi connectivity index (χ4v) is 6.01. The van der Waals surface area contributed by atoms with Gasteiger partial charge in [-0.25, -0.2) is 4.39 Å². The van der Waals surface area contributed by atoms with Crippen LogP contribution < -0.4 is 14.2 Å². The van der Waals surface area contributed by atoms with Crippen LogP contribution in [0.3, 0.4) is 0 Å². The maximum absolute atomic E-state index is 15.7. The van der Waals surface area contributed by atoms with Gasteiger partial charge in [0.2, 0.25) is 0 Å². The molecule has 10 heteroatoms. The smallest absolute Gasteiger partial charge is 0.419 e. The third-order valence-corrected chi connectivity index (χ3v) is 8.02. The first-order valence-corrected chi connectivity index (χ1v) is 14.2. The minimum absolute atomic E-state index is 0.0931. The van der Waals surface area contributed by atoms with Gasteiger partial charge in [-0.2, -0.15) is 13.2 Å². The molecule has 1 heterocycles. The number of hydrogen-bond donors (Lipinski definition) is 2. The second-order valence-corrected chi connectivity index (χ2v) is 12.0. The van der Waals surface area contributed by atoms with E-state index in [0.717, 1.165) is 6.07 Å². The first kappa shape index (κ1) is 30.7. The molecule has 1 unspecified atom stereocenters. The lowest BCUT2D eigenvalue weighted by Crippen LogP contribution is -2.21. The van der Waals surface area contributed by atoms with Gasteiger partial charge in [0.15, 0.2) is 0 Å². The second-order valence-electron chi connectivity index (χ2n) is 12.0. The van der Waals surface area contributed by atoms with E-state index in [1.807, 2.05) is 0 Å². The summed E-state index contributed by atoms with van der Waals surface area (Å²) >= 11 is 0. The number of carboxylic acids is 1. The van der Waals surface area contributed by atoms with Crippen molar-refractivity contribution in [3.63, 3.8) is 0 Å². The van der Waals surface area contributed by atoms with E-state index < -0.39 is 35.2 Å². The Hall–Kier alpha value is -3.79. The molecule has 0 radical (unpaired) electrons. The molecule has 2 aliphatic rings. The molecule has 0 spiro atoms. The molecule has 0 fully saturated rings. The third kappa shape index (κ3) is 6.44. The molecule has 2 N–H and O–H groups in total. The molecule has 0 saturated heterocycles. The SMILES string of the molecule is Cc1cc(OCCC(C)(C)O)cc(C)c1-c1cc(C(F)(F)F)c(F)c2c1CC[C@H]2Oc1ccc2c(c1)OCC2CC(=O)O. The normalized spacial score (nSPS) is 17.8. The second kappa shape index (κ2) is 11.4. The van der Waals surface area contributed by atoms with Crippen molar-refractivity contribution >= 4 is 5.97 Å². The first-order valence-electron chi connectivity index (χ1n) is 14.2. The van der Waals surface area contributed by atoms with Gasteiger partial charge in [-0.1, -0.05) is 6.07 Å². The number of aliphatic carboxylic acids is 1. The zero-order chi connectivity index (χ0) is 31.3. The number of hydrogen-bond acceptors (Lipinski definition) is 5. The fraction of sp³-hybridized carbons (Fsp3) is 0.424. The summed E-state index contributed by atoms with van der Waals surface area (Å²) in [4.78, 5) is 11.2. The number of benzene rings is 3. The molecule has 3 aromatic carbocycles. The maximum atomic E-state index is 15.7. The number of aliphatic hydroxyl groups is 1. The van der Waals surface area contributed by atoms with Crippen LogP contribution in [0.15, 0.2) is 36.4 Å². The highest BCUT2D eigenvalue weighted by molar-refractivity contribution is 5.77. The molecule has 2 atom stereocenters. The summed E-state index contributed by atoms with van der Waals surface area (Å²) in [5, 5.41) is 19.1. The predicted octanol–water partition coefficient (Wildman–Crippen LogP) is 7.69. The van der Waals surface area contributed by atoms with Crippen molar-refractivity contribution in [2.45, 2.75) is 77.2 Å². The van der Waals surface area contributed by atoms with Crippen molar-refractivity contribution in [3.8, 4) is 28.4 Å². The Morgan fingerprint density at radius 3 is 2.40 bits per heavy atom. The zero-order valence-corrected chi connectivity index (χ0v) is 24.4. The molecule has 1 aliphatic carbocycles. The number of ether oxygens (including phenoxy) is 3. The molecule has 230 valence electrons. The van der Waals surface area contributed by atoms with Crippen molar-refractivity contribution in [2.24, 2.45) is 0 Å².